The summed E-state index contributed by atoms with van der Waals surface area (Å²) in [6, 6.07) is 15.8. The van der Waals surface area contributed by atoms with Crippen LogP contribution in [0.4, 0.5) is 0 Å². The Kier molecular flexibility index (Phi) is 9.94. The number of para-hydroxylation sites is 1. The van der Waals surface area contributed by atoms with Crippen LogP contribution in [0.25, 0.3) is 10.9 Å². The van der Waals surface area contributed by atoms with E-state index in [1.54, 1.807) is 0 Å². The molecule has 40 heavy (non-hydrogen) atoms. The van der Waals surface area contributed by atoms with E-state index in [9.17, 15) is 24.3 Å². The fourth-order valence-electron chi connectivity index (χ4n) is 5.33. The van der Waals surface area contributed by atoms with Crippen molar-refractivity contribution >= 4 is 34.6 Å². The molecule has 2 atom stereocenters. The number of nitrogens with one attached hydrogen (secondary N) is 2. The van der Waals surface area contributed by atoms with Gasteiger partial charge >= 0.3 is 5.97 Å². The number of aromatic amines is 1. The summed E-state index contributed by atoms with van der Waals surface area (Å²) in [4.78, 5) is 58.0. The first-order valence-electron chi connectivity index (χ1n) is 14.1. The minimum absolute atomic E-state index is 0.122. The molecule has 3 aromatic rings. The average Bonchev–Trinajstić information content (AvgIpc) is 3.61. The lowest BCUT2D eigenvalue weighted by Crippen LogP contribution is -2.53. The van der Waals surface area contributed by atoms with E-state index >= 15 is 0 Å². The molecule has 1 saturated heterocycles. The molecule has 9 heteroatoms. The Hall–Kier alpha value is -4.14. The van der Waals surface area contributed by atoms with Crippen molar-refractivity contribution in [2.45, 2.75) is 64.0 Å². The van der Waals surface area contributed by atoms with Crippen molar-refractivity contribution in [3.63, 3.8) is 0 Å². The molecule has 212 valence electrons. The monoisotopic (exact) mass is 546 g/mol. The predicted molar refractivity (Wildman–Crippen MR) is 153 cm³/mol. The van der Waals surface area contributed by atoms with Crippen molar-refractivity contribution < 1.29 is 24.3 Å². The van der Waals surface area contributed by atoms with Crippen LogP contribution in [0.2, 0.25) is 0 Å². The second-order valence-electron chi connectivity index (χ2n) is 10.4. The number of carboxylic acids is 1. The molecule has 9 nitrogen and oxygen atoms in total. The fourth-order valence-corrected chi connectivity index (χ4v) is 5.33. The van der Waals surface area contributed by atoms with Crippen LogP contribution in [0, 0.1) is 0 Å². The van der Waals surface area contributed by atoms with Gasteiger partial charge in [0.25, 0.3) is 0 Å². The van der Waals surface area contributed by atoms with E-state index in [4.69, 9.17) is 0 Å². The number of carbonyl (C=O) groups excluding carboxylic acids is 3. The molecule has 0 aliphatic carbocycles. The van der Waals surface area contributed by atoms with Crippen LogP contribution in [-0.2, 0) is 32.0 Å². The van der Waals surface area contributed by atoms with Gasteiger partial charge in [0, 0.05) is 30.2 Å². The summed E-state index contributed by atoms with van der Waals surface area (Å²) in [5.74, 6) is -2.00. The maximum atomic E-state index is 13.9. The van der Waals surface area contributed by atoms with Crippen molar-refractivity contribution in [1.82, 2.24) is 20.1 Å². The number of benzene rings is 2. The molecule has 4 rings (SSSR count). The Morgan fingerprint density at radius 1 is 1.10 bits per heavy atom. The molecule has 1 aromatic heterocycles. The van der Waals surface area contributed by atoms with E-state index in [1.165, 1.54) is 9.80 Å². The van der Waals surface area contributed by atoms with E-state index in [1.807, 2.05) is 67.7 Å². The van der Waals surface area contributed by atoms with Gasteiger partial charge in [0.05, 0.1) is 13.0 Å². The van der Waals surface area contributed by atoms with E-state index in [0.29, 0.717) is 32.2 Å². The molecule has 2 heterocycles. The summed E-state index contributed by atoms with van der Waals surface area (Å²) in [6.07, 6.45) is 5.52. The van der Waals surface area contributed by atoms with Crippen molar-refractivity contribution in [3.8, 4) is 0 Å². The third-order valence-electron chi connectivity index (χ3n) is 7.51. The number of rotatable bonds is 13. The Labute approximate surface area is 234 Å². The van der Waals surface area contributed by atoms with Crippen LogP contribution in [0.15, 0.2) is 60.8 Å². The minimum atomic E-state index is -1.03. The second-order valence-corrected chi connectivity index (χ2v) is 10.4. The van der Waals surface area contributed by atoms with Gasteiger partial charge in [-0.2, -0.15) is 0 Å². The zero-order valence-electron chi connectivity index (χ0n) is 23.0. The number of hydrogen-bond acceptors (Lipinski definition) is 4. The maximum Gasteiger partial charge on any atom is 0.326 e. The van der Waals surface area contributed by atoms with Crippen LogP contribution >= 0.6 is 0 Å². The number of aliphatic carboxylic acids is 1. The highest BCUT2D eigenvalue weighted by atomic mass is 16.4. The number of H-pyrrole nitrogens is 1. The fraction of sp³-hybridized carbons (Fsp3) is 0.419. The molecule has 0 spiro atoms. The maximum absolute atomic E-state index is 13.9. The van der Waals surface area contributed by atoms with Gasteiger partial charge in [-0.05, 0) is 42.9 Å². The SMILES string of the molecule is CCCC[C@H](NC(=O)Cc1c[nH]c2ccccc12)C(=O)N(CCc1ccccc1)CC(=O)N1CCC[C@@H]1C(=O)O. The van der Waals surface area contributed by atoms with Gasteiger partial charge in [0.15, 0.2) is 0 Å². The Balaban J connectivity index is 1.50. The summed E-state index contributed by atoms with van der Waals surface area (Å²) in [6.45, 7) is 2.43. The number of carbonyl (C=O) groups is 4. The molecule has 0 saturated carbocycles. The van der Waals surface area contributed by atoms with Crippen LogP contribution in [0.3, 0.4) is 0 Å². The van der Waals surface area contributed by atoms with Crippen molar-refractivity contribution in [1.29, 1.82) is 0 Å². The van der Waals surface area contributed by atoms with Crippen LogP contribution in [0.5, 0.6) is 0 Å². The first-order valence-corrected chi connectivity index (χ1v) is 14.1. The lowest BCUT2D eigenvalue weighted by molar-refractivity contribution is -0.150. The Morgan fingerprint density at radius 3 is 2.60 bits per heavy atom. The Bertz CT molecular complexity index is 1320. The third kappa shape index (κ3) is 7.28. The van der Waals surface area contributed by atoms with Crippen LogP contribution < -0.4 is 5.32 Å². The van der Waals surface area contributed by atoms with E-state index < -0.39 is 18.1 Å². The van der Waals surface area contributed by atoms with Crippen molar-refractivity contribution in [2.75, 3.05) is 19.6 Å². The molecular weight excluding hydrogens is 508 g/mol. The molecule has 1 aliphatic rings. The summed E-state index contributed by atoms with van der Waals surface area (Å²) in [5.41, 5.74) is 2.81. The number of unbranched alkanes of at least 4 members (excludes halogenated alkanes) is 1. The van der Waals surface area contributed by atoms with Gasteiger partial charge < -0.3 is 25.2 Å². The van der Waals surface area contributed by atoms with Gasteiger partial charge in [-0.25, -0.2) is 4.79 Å². The highest BCUT2D eigenvalue weighted by molar-refractivity contribution is 5.93. The van der Waals surface area contributed by atoms with Gasteiger partial charge in [-0.1, -0.05) is 68.3 Å². The molecule has 1 fully saturated rings. The Morgan fingerprint density at radius 2 is 1.85 bits per heavy atom. The normalized spacial score (nSPS) is 15.6. The quantitative estimate of drug-likeness (QED) is 0.303. The summed E-state index contributed by atoms with van der Waals surface area (Å²) < 4.78 is 0. The highest BCUT2D eigenvalue weighted by Crippen LogP contribution is 2.20. The lowest BCUT2D eigenvalue weighted by Gasteiger charge is -2.30. The number of hydrogen-bond donors (Lipinski definition) is 3. The van der Waals surface area contributed by atoms with Gasteiger partial charge in [0.1, 0.15) is 12.1 Å². The zero-order valence-corrected chi connectivity index (χ0v) is 23.0. The molecule has 0 radical (unpaired) electrons. The number of likely N-dealkylation sites (tertiary alicyclic amines) is 1. The molecule has 1 aliphatic heterocycles. The smallest absolute Gasteiger partial charge is 0.326 e. The van der Waals surface area contributed by atoms with E-state index in [0.717, 1.165) is 34.9 Å². The van der Waals surface area contributed by atoms with Crippen LogP contribution in [-0.4, -0.2) is 75.3 Å². The van der Waals surface area contributed by atoms with Gasteiger partial charge in [-0.15, -0.1) is 0 Å². The molecule has 3 N–H and O–H groups in total. The summed E-state index contributed by atoms with van der Waals surface area (Å²) in [5, 5.41) is 13.5. The van der Waals surface area contributed by atoms with Crippen molar-refractivity contribution in [3.05, 3.63) is 71.9 Å². The van der Waals surface area contributed by atoms with E-state index in [-0.39, 0.29) is 37.2 Å². The molecule has 0 bridgehead atoms. The summed E-state index contributed by atoms with van der Waals surface area (Å²) in [7, 11) is 0. The van der Waals surface area contributed by atoms with Crippen LogP contribution in [0.1, 0.15) is 50.2 Å². The lowest BCUT2D eigenvalue weighted by atomic mass is 10.1. The first-order chi connectivity index (χ1) is 19.4. The largest absolute Gasteiger partial charge is 0.480 e. The minimum Gasteiger partial charge on any atom is -0.480 e. The molecule has 3 amide bonds. The molecule has 0 unspecified atom stereocenters. The number of fused-ring (bicyclic) bond motifs is 1. The highest BCUT2D eigenvalue weighted by Gasteiger charge is 2.36. The number of aromatic nitrogens is 1. The van der Waals surface area contributed by atoms with Crippen molar-refractivity contribution in [2.24, 2.45) is 0 Å². The number of amides is 3. The average molecular weight is 547 g/mol. The number of nitrogens with zero attached hydrogens (tertiary/aromatic N) is 2. The topological polar surface area (TPSA) is 123 Å². The predicted octanol–water partition coefficient (Wildman–Crippen LogP) is 3.53. The standard InChI is InChI=1S/C31H38N4O5/c1-2-3-13-26(33-28(36)19-23-20-32-25-14-8-7-12-24(23)25)30(38)34(18-16-22-10-5-4-6-11-22)21-29(37)35-17-9-15-27(35)31(39)40/h4-8,10-12,14,20,26-27,32H,2-3,9,13,15-19,21H2,1H3,(H,33,36)(H,39,40)/t26-,27+/m0/s1. The third-order valence-corrected chi connectivity index (χ3v) is 7.51. The van der Waals surface area contributed by atoms with E-state index in [2.05, 4.69) is 10.3 Å². The zero-order chi connectivity index (χ0) is 28.5. The molecule has 2 aromatic carbocycles. The second kappa shape index (κ2) is 13.8. The van der Waals surface area contributed by atoms with Gasteiger partial charge in [0.2, 0.25) is 17.7 Å². The van der Waals surface area contributed by atoms with Gasteiger partial charge in [-0.3, -0.25) is 14.4 Å². The first kappa shape index (κ1) is 28.9. The number of carboxylic acid groups (broad SMARTS) is 1. The summed E-state index contributed by atoms with van der Waals surface area (Å²) >= 11 is 0. The molecular formula is C31H38N4O5.